The third-order valence-corrected chi connectivity index (χ3v) is 2.01. The van der Waals surface area contributed by atoms with Gasteiger partial charge in [0.25, 0.3) is 0 Å². The Bertz CT molecular complexity index is 669. The maximum absolute atomic E-state index is 11.0. The molecule has 0 atom stereocenters. The van der Waals surface area contributed by atoms with Crippen molar-refractivity contribution in [1.82, 2.24) is 4.98 Å². The van der Waals surface area contributed by atoms with Crippen LogP contribution in [0.2, 0.25) is 0 Å². The van der Waals surface area contributed by atoms with Crippen LogP contribution in [-0.2, 0) is 9.53 Å². The summed E-state index contributed by atoms with van der Waals surface area (Å²) >= 11 is 0. The lowest BCUT2D eigenvalue weighted by atomic mass is 10.2. The van der Waals surface area contributed by atoms with Gasteiger partial charge < -0.3 is 9.15 Å². The quantitative estimate of drug-likeness (QED) is 0.587. The fraction of sp³-hybridized carbons (Fsp3) is 0.167. The second-order valence-corrected chi connectivity index (χ2v) is 3.20. The minimum atomic E-state index is -0.580. The second-order valence-electron chi connectivity index (χ2n) is 3.20. The van der Waals surface area contributed by atoms with Crippen molar-refractivity contribution in [3.63, 3.8) is 0 Å². The van der Waals surface area contributed by atoms with Crippen LogP contribution in [0.25, 0.3) is 11.1 Å². The topological polar surface area (TPSA) is 72.3 Å². The van der Waals surface area contributed by atoms with Gasteiger partial charge in [0.15, 0.2) is 5.58 Å². The second kappa shape index (κ2) is 4.58. The number of esters is 1. The van der Waals surface area contributed by atoms with E-state index in [9.17, 15) is 9.59 Å². The lowest BCUT2D eigenvalue weighted by molar-refractivity contribution is -0.136. The van der Waals surface area contributed by atoms with Gasteiger partial charge in [-0.1, -0.05) is 5.92 Å². The van der Waals surface area contributed by atoms with Gasteiger partial charge in [0, 0.05) is 11.5 Å². The molecule has 0 bridgehead atoms. The highest BCUT2D eigenvalue weighted by atomic mass is 16.5. The summed E-state index contributed by atoms with van der Waals surface area (Å²) < 4.78 is 9.53. The van der Waals surface area contributed by atoms with E-state index in [-0.39, 0.29) is 0 Å². The number of nitrogens with one attached hydrogen (secondary N) is 1. The molecule has 0 aliphatic heterocycles. The number of ether oxygens (including phenoxy) is 1. The van der Waals surface area contributed by atoms with Crippen molar-refractivity contribution in [2.75, 3.05) is 6.61 Å². The smallest absolute Gasteiger partial charge is 0.417 e. The number of rotatable bonds is 1. The predicted molar refractivity (Wildman–Crippen MR) is 60.3 cm³/mol. The van der Waals surface area contributed by atoms with Crippen LogP contribution in [-0.4, -0.2) is 17.6 Å². The molecule has 2 rings (SSSR count). The molecule has 1 aromatic carbocycles. The van der Waals surface area contributed by atoms with Crippen LogP contribution in [0.5, 0.6) is 0 Å². The minimum Gasteiger partial charge on any atom is -0.456 e. The fourth-order valence-electron chi connectivity index (χ4n) is 1.31. The molecule has 17 heavy (non-hydrogen) atoms. The van der Waals surface area contributed by atoms with Crippen LogP contribution in [0.15, 0.2) is 27.4 Å². The number of carbonyl (C=O) groups is 1. The molecule has 0 saturated carbocycles. The molecular weight excluding hydrogens is 222 g/mol. The Hall–Kier alpha value is -2.48. The average Bonchev–Trinajstić information content (AvgIpc) is 2.66. The number of aromatic nitrogens is 1. The Morgan fingerprint density at radius 1 is 1.53 bits per heavy atom. The van der Waals surface area contributed by atoms with Crippen LogP contribution in [0.4, 0.5) is 0 Å². The van der Waals surface area contributed by atoms with Crippen molar-refractivity contribution in [3.05, 3.63) is 34.3 Å². The van der Waals surface area contributed by atoms with E-state index in [4.69, 9.17) is 4.42 Å². The molecule has 5 nitrogen and oxygen atoms in total. The zero-order valence-electron chi connectivity index (χ0n) is 9.07. The molecule has 0 amide bonds. The van der Waals surface area contributed by atoms with E-state index in [2.05, 4.69) is 21.6 Å². The Kier molecular flexibility index (Phi) is 2.97. The Labute approximate surface area is 96.4 Å². The van der Waals surface area contributed by atoms with Crippen molar-refractivity contribution in [2.45, 2.75) is 6.92 Å². The Morgan fingerprint density at radius 2 is 2.35 bits per heavy atom. The third kappa shape index (κ3) is 2.55. The van der Waals surface area contributed by atoms with Gasteiger partial charge in [0.2, 0.25) is 0 Å². The van der Waals surface area contributed by atoms with E-state index in [1.165, 1.54) is 0 Å². The number of benzene rings is 1. The number of carbonyl (C=O) groups excluding carboxylic acids is 1. The normalized spacial score (nSPS) is 9.71. The number of hydrogen-bond donors (Lipinski definition) is 1. The summed E-state index contributed by atoms with van der Waals surface area (Å²) in [5.41, 5.74) is 1.58. The molecule has 0 saturated heterocycles. The summed E-state index contributed by atoms with van der Waals surface area (Å²) in [4.78, 5) is 24.4. The largest absolute Gasteiger partial charge is 0.456 e. The third-order valence-electron chi connectivity index (χ3n) is 2.01. The molecule has 0 fully saturated rings. The van der Waals surface area contributed by atoms with Crippen LogP contribution >= 0.6 is 0 Å². The van der Waals surface area contributed by atoms with Gasteiger partial charge in [0.05, 0.1) is 12.1 Å². The van der Waals surface area contributed by atoms with Gasteiger partial charge in [-0.05, 0) is 25.1 Å². The summed E-state index contributed by atoms with van der Waals surface area (Å²) in [6, 6.07) is 4.93. The maximum atomic E-state index is 11.0. The molecule has 1 heterocycles. The van der Waals surface area contributed by atoms with Crippen molar-refractivity contribution in [1.29, 1.82) is 0 Å². The van der Waals surface area contributed by atoms with Crippen LogP contribution in [0.1, 0.15) is 12.5 Å². The number of aromatic amines is 1. The van der Waals surface area contributed by atoms with Gasteiger partial charge in [-0.15, -0.1) is 0 Å². The van der Waals surface area contributed by atoms with Crippen LogP contribution < -0.4 is 5.76 Å². The minimum absolute atomic E-state index is 0.291. The van der Waals surface area contributed by atoms with E-state index in [0.29, 0.717) is 23.3 Å². The lowest BCUT2D eigenvalue weighted by Crippen LogP contribution is -1.99. The zero-order valence-corrected chi connectivity index (χ0v) is 9.07. The number of H-pyrrole nitrogens is 1. The molecule has 0 spiro atoms. The van der Waals surface area contributed by atoms with E-state index in [0.717, 1.165) is 0 Å². The first-order chi connectivity index (χ1) is 8.19. The Morgan fingerprint density at radius 3 is 3.12 bits per heavy atom. The lowest BCUT2D eigenvalue weighted by Gasteiger charge is -1.91. The van der Waals surface area contributed by atoms with Crippen molar-refractivity contribution < 1.29 is 13.9 Å². The highest BCUT2D eigenvalue weighted by Crippen LogP contribution is 2.11. The van der Waals surface area contributed by atoms with E-state index < -0.39 is 11.7 Å². The van der Waals surface area contributed by atoms with E-state index >= 15 is 0 Å². The van der Waals surface area contributed by atoms with Crippen molar-refractivity contribution in [2.24, 2.45) is 0 Å². The van der Waals surface area contributed by atoms with E-state index in [1.807, 2.05) is 0 Å². The number of oxazole rings is 1. The highest BCUT2D eigenvalue weighted by Gasteiger charge is 2.00. The molecule has 0 unspecified atom stereocenters. The van der Waals surface area contributed by atoms with Gasteiger partial charge in [-0.3, -0.25) is 4.98 Å². The zero-order chi connectivity index (χ0) is 12.3. The molecule has 1 N–H and O–H groups in total. The summed E-state index contributed by atoms with van der Waals surface area (Å²) in [6.07, 6.45) is 0. The summed E-state index contributed by atoms with van der Waals surface area (Å²) in [6.45, 7) is 2.00. The van der Waals surface area contributed by atoms with Gasteiger partial charge in [-0.2, -0.15) is 0 Å². The monoisotopic (exact) mass is 231 g/mol. The van der Waals surface area contributed by atoms with Gasteiger partial charge in [0.1, 0.15) is 0 Å². The molecule has 86 valence electrons. The Balaban J connectivity index is 2.30. The van der Waals surface area contributed by atoms with E-state index in [1.54, 1.807) is 25.1 Å². The SMILES string of the molecule is CCOC(=O)C#Cc1ccc2[nH]c(=O)oc2c1. The molecule has 5 heteroatoms. The summed E-state index contributed by atoms with van der Waals surface area (Å²) in [7, 11) is 0. The number of hydrogen-bond acceptors (Lipinski definition) is 4. The molecule has 2 aromatic rings. The highest BCUT2D eigenvalue weighted by molar-refractivity contribution is 5.89. The van der Waals surface area contributed by atoms with Crippen molar-refractivity contribution >= 4 is 17.1 Å². The molecular formula is C12H9NO4. The molecule has 0 aliphatic carbocycles. The summed E-state index contributed by atoms with van der Waals surface area (Å²) in [5.74, 6) is 3.86. The molecule has 1 aromatic heterocycles. The standard InChI is InChI=1S/C12H9NO4/c1-2-16-11(14)6-4-8-3-5-9-10(7-8)17-12(15)13-9/h3,5,7H,2H2,1H3,(H,13,15). The van der Waals surface area contributed by atoms with Gasteiger partial charge >= 0.3 is 11.7 Å². The number of fused-ring (bicyclic) bond motifs is 1. The van der Waals surface area contributed by atoms with Gasteiger partial charge in [-0.25, -0.2) is 9.59 Å². The fourth-order valence-corrected chi connectivity index (χ4v) is 1.31. The summed E-state index contributed by atoms with van der Waals surface area (Å²) in [5, 5.41) is 0. The predicted octanol–water partition coefficient (Wildman–Crippen LogP) is 1.04. The van der Waals surface area contributed by atoms with Crippen LogP contribution in [0.3, 0.4) is 0 Å². The first-order valence-corrected chi connectivity index (χ1v) is 5.00. The molecule has 0 radical (unpaired) electrons. The maximum Gasteiger partial charge on any atom is 0.417 e. The first kappa shape index (κ1) is 11.0. The first-order valence-electron chi connectivity index (χ1n) is 5.00. The average molecular weight is 231 g/mol. The molecule has 0 aliphatic rings. The van der Waals surface area contributed by atoms with Crippen LogP contribution in [0, 0.1) is 11.8 Å². The van der Waals surface area contributed by atoms with Crippen molar-refractivity contribution in [3.8, 4) is 11.8 Å².